The fourth-order valence-electron chi connectivity index (χ4n) is 2.56. The summed E-state index contributed by atoms with van der Waals surface area (Å²) in [6, 6.07) is 7.01. The van der Waals surface area contributed by atoms with Crippen molar-refractivity contribution in [3.8, 4) is 5.75 Å². The summed E-state index contributed by atoms with van der Waals surface area (Å²) in [5, 5.41) is 3.06. The maximum Gasteiger partial charge on any atom is 0.251 e. The molecule has 0 bridgehead atoms. The number of amides is 1. The van der Waals surface area contributed by atoms with Crippen molar-refractivity contribution in [3.05, 3.63) is 41.7 Å². The SMILES string of the molecule is NCC=C(F)COc1ccc(C(=O)NC2CCCCC2)cc1. The van der Waals surface area contributed by atoms with E-state index in [9.17, 15) is 9.18 Å². The molecular weight excluding hydrogens is 283 g/mol. The second-order valence-corrected chi connectivity index (χ2v) is 5.51. The molecule has 0 aliphatic heterocycles. The van der Waals surface area contributed by atoms with Crippen molar-refractivity contribution in [1.82, 2.24) is 5.32 Å². The van der Waals surface area contributed by atoms with Gasteiger partial charge in [0.1, 0.15) is 18.2 Å². The van der Waals surface area contributed by atoms with Gasteiger partial charge in [0, 0.05) is 18.2 Å². The number of nitrogens with two attached hydrogens (primary N) is 1. The van der Waals surface area contributed by atoms with Crippen molar-refractivity contribution in [2.24, 2.45) is 5.73 Å². The van der Waals surface area contributed by atoms with Gasteiger partial charge in [-0.05, 0) is 43.2 Å². The maximum absolute atomic E-state index is 13.1. The molecule has 1 fully saturated rings. The average Bonchev–Trinajstić information content (AvgIpc) is 2.54. The highest BCUT2D eigenvalue weighted by Gasteiger charge is 2.16. The smallest absolute Gasteiger partial charge is 0.251 e. The molecule has 1 aliphatic rings. The maximum atomic E-state index is 13.1. The molecule has 0 aromatic heterocycles. The molecule has 1 aromatic carbocycles. The fourth-order valence-corrected chi connectivity index (χ4v) is 2.56. The van der Waals surface area contributed by atoms with Crippen molar-refractivity contribution in [3.63, 3.8) is 0 Å². The van der Waals surface area contributed by atoms with Gasteiger partial charge in [-0.1, -0.05) is 19.3 Å². The number of benzene rings is 1. The number of rotatable bonds is 6. The van der Waals surface area contributed by atoms with Crippen molar-refractivity contribution >= 4 is 5.91 Å². The van der Waals surface area contributed by atoms with Crippen molar-refractivity contribution < 1.29 is 13.9 Å². The molecule has 1 amide bonds. The number of carbonyl (C=O) groups excluding carboxylic acids is 1. The van der Waals surface area contributed by atoms with Gasteiger partial charge < -0.3 is 15.8 Å². The summed E-state index contributed by atoms with van der Waals surface area (Å²) in [5.41, 5.74) is 5.81. The molecule has 1 aromatic rings. The Morgan fingerprint density at radius 1 is 1.27 bits per heavy atom. The molecule has 4 nitrogen and oxygen atoms in total. The van der Waals surface area contributed by atoms with E-state index in [2.05, 4.69) is 5.32 Å². The summed E-state index contributed by atoms with van der Waals surface area (Å²) in [7, 11) is 0. The molecule has 0 heterocycles. The van der Waals surface area contributed by atoms with Gasteiger partial charge in [-0.25, -0.2) is 4.39 Å². The minimum atomic E-state index is -0.401. The van der Waals surface area contributed by atoms with Crippen LogP contribution in [-0.4, -0.2) is 25.1 Å². The van der Waals surface area contributed by atoms with Gasteiger partial charge in [0.05, 0.1) is 0 Å². The number of nitrogens with one attached hydrogen (secondary N) is 1. The first-order valence-electron chi connectivity index (χ1n) is 7.77. The topological polar surface area (TPSA) is 64.3 Å². The fraction of sp³-hybridized carbons (Fsp3) is 0.471. The summed E-state index contributed by atoms with van der Waals surface area (Å²) < 4.78 is 18.4. The minimum absolute atomic E-state index is 0.0624. The molecular formula is C17H23FN2O2. The van der Waals surface area contributed by atoms with Crippen LogP contribution in [0.4, 0.5) is 4.39 Å². The van der Waals surface area contributed by atoms with E-state index in [4.69, 9.17) is 10.5 Å². The Kier molecular flexibility index (Phi) is 6.40. The summed E-state index contributed by atoms with van der Waals surface area (Å²) in [6.45, 7) is 0.000284. The van der Waals surface area contributed by atoms with Gasteiger partial charge >= 0.3 is 0 Å². The summed E-state index contributed by atoms with van der Waals surface area (Å²) in [5.74, 6) is 0.0593. The standard InChI is InChI=1S/C17H23FN2O2/c18-14(10-11-19)12-22-16-8-6-13(7-9-16)17(21)20-15-4-2-1-3-5-15/h6-10,15H,1-5,11-12,19H2,(H,20,21). The van der Waals surface area contributed by atoms with E-state index in [0.717, 1.165) is 12.8 Å². The van der Waals surface area contributed by atoms with Crippen LogP contribution in [0, 0.1) is 0 Å². The zero-order chi connectivity index (χ0) is 15.8. The van der Waals surface area contributed by atoms with Gasteiger partial charge in [-0.15, -0.1) is 0 Å². The van der Waals surface area contributed by atoms with Crippen LogP contribution in [0.15, 0.2) is 36.2 Å². The van der Waals surface area contributed by atoms with Crippen LogP contribution in [0.25, 0.3) is 0 Å². The van der Waals surface area contributed by atoms with Crippen molar-refractivity contribution in [2.45, 2.75) is 38.1 Å². The largest absolute Gasteiger partial charge is 0.487 e. The molecule has 22 heavy (non-hydrogen) atoms. The first kappa shape index (κ1) is 16.5. The molecule has 0 spiro atoms. The highest BCUT2D eigenvalue weighted by atomic mass is 19.1. The Bertz CT molecular complexity index is 508. The third-order valence-corrected chi connectivity index (χ3v) is 3.77. The van der Waals surface area contributed by atoms with Crippen LogP contribution >= 0.6 is 0 Å². The average molecular weight is 306 g/mol. The predicted molar refractivity (Wildman–Crippen MR) is 84.5 cm³/mol. The monoisotopic (exact) mass is 306 g/mol. The van der Waals surface area contributed by atoms with Crippen molar-refractivity contribution in [2.75, 3.05) is 13.2 Å². The van der Waals surface area contributed by atoms with E-state index in [1.54, 1.807) is 24.3 Å². The molecule has 0 atom stereocenters. The highest BCUT2D eigenvalue weighted by Crippen LogP contribution is 2.18. The molecule has 0 radical (unpaired) electrons. The Morgan fingerprint density at radius 2 is 1.95 bits per heavy atom. The molecule has 3 N–H and O–H groups in total. The molecule has 0 unspecified atom stereocenters. The van der Waals surface area contributed by atoms with E-state index in [1.165, 1.54) is 25.3 Å². The molecule has 120 valence electrons. The number of hydrogen-bond acceptors (Lipinski definition) is 3. The summed E-state index contributed by atoms with van der Waals surface area (Å²) in [6.07, 6.45) is 7.00. The molecule has 5 heteroatoms. The third-order valence-electron chi connectivity index (χ3n) is 3.77. The Morgan fingerprint density at radius 3 is 2.59 bits per heavy atom. The predicted octanol–water partition coefficient (Wildman–Crippen LogP) is 2.94. The van der Waals surface area contributed by atoms with E-state index in [0.29, 0.717) is 11.3 Å². The number of ether oxygens (including phenoxy) is 1. The zero-order valence-corrected chi connectivity index (χ0v) is 12.7. The second kappa shape index (κ2) is 8.54. The lowest BCUT2D eigenvalue weighted by atomic mass is 9.95. The molecule has 0 saturated heterocycles. The van der Waals surface area contributed by atoms with Crippen LogP contribution in [0.5, 0.6) is 5.75 Å². The van der Waals surface area contributed by atoms with E-state index in [1.807, 2.05) is 0 Å². The minimum Gasteiger partial charge on any atom is -0.487 e. The lowest BCUT2D eigenvalue weighted by Gasteiger charge is -2.22. The van der Waals surface area contributed by atoms with Crippen LogP contribution in [0.1, 0.15) is 42.5 Å². The van der Waals surface area contributed by atoms with Crippen LogP contribution in [0.3, 0.4) is 0 Å². The number of carbonyl (C=O) groups is 1. The molecule has 1 saturated carbocycles. The number of hydrogen-bond donors (Lipinski definition) is 2. The lowest BCUT2D eigenvalue weighted by Crippen LogP contribution is -2.36. The Hall–Kier alpha value is -1.88. The van der Waals surface area contributed by atoms with E-state index in [-0.39, 0.29) is 25.1 Å². The van der Waals surface area contributed by atoms with Gasteiger partial charge in [0.15, 0.2) is 0 Å². The van der Waals surface area contributed by atoms with E-state index >= 15 is 0 Å². The van der Waals surface area contributed by atoms with Gasteiger partial charge in [0.2, 0.25) is 0 Å². The van der Waals surface area contributed by atoms with Crippen molar-refractivity contribution in [1.29, 1.82) is 0 Å². The summed E-state index contributed by atoms with van der Waals surface area (Å²) in [4.78, 5) is 12.1. The number of halogens is 1. The van der Waals surface area contributed by atoms with Crippen LogP contribution in [-0.2, 0) is 0 Å². The Labute approximate surface area is 130 Å². The van der Waals surface area contributed by atoms with Crippen LogP contribution < -0.4 is 15.8 Å². The zero-order valence-electron chi connectivity index (χ0n) is 12.7. The molecule has 1 aliphatic carbocycles. The Balaban J connectivity index is 1.85. The van der Waals surface area contributed by atoms with Gasteiger partial charge in [0.25, 0.3) is 5.91 Å². The summed E-state index contributed by atoms with van der Waals surface area (Å²) >= 11 is 0. The first-order chi connectivity index (χ1) is 10.7. The van der Waals surface area contributed by atoms with Gasteiger partial charge in [-0.2, -0.15) is 0 Å². The highest BCUT2D eigenvalue weighted by molar-refractivity contribution is 5.94. The first-order valence-corrected chi connectivity index (χ1v) is 7.77. The van der Waals surface area contributed by atoms with E-state index < -0.39 is 5.83 Å². The lowest BCUT2D eigenvalue weighted by molar-refractivity contribution is 0.0927. The normalized spacial score (nSPS) is 16.4. The van der Waals surface area contributed by atoms with Crippen LogP contribution in [0.2, 0.25) is 0 Å². The quantitative estimate of drug-likeness (QED) is 0.849. The van der Waals surface area contributed by atoms with Gasteiger partial charge in [-0.3, -0.25) is 4.79 Å². The molecule has 2 rings (SSSR count). The third kappa shape index (κ3) is 5.15. The second-order valence-electron chi connectivity index (χ2n) is 5.51.